The molecule has 9 N–H and O–H groups in total. The zero-order valence-corrected chi connectivity index (χ0v) is 14.9. The summed E-state index contributed by atoms with van der Waals surface area (Å²) in [6.45, 7) is 0. The lowest BCUT2D eigenvalue weighted by atomic mass is 10.2. The molecule has 0 radical (unpaired) electrons. The maximum absolute atomic E-state index is 7.01. The van der Waals surface area contributed by atoms with Crippen LogP contribution in [0.3, 0.4) is 0 Å². The Morgan fingerprint density at radius 2 is 0.593 bits per heavy atom. The highest BCUT2D eigenvalue weighted by molar-refractivity contribution is 5.95. The van der Waals surface area contributed by atoms with Gasteiger partial charge >= 0.3 is 0 Å². The first-order valence-electron chi connectivity index (χ1n) is 8.10. The Morgan fingerprint density at radius 1 is 0.407 bits per heavy atom. The number of nitrogen functional groups attached to an aromatic ring is 3. The molecule has 0 saturated carbocycles. The predicted molar refractivity (Wildman–Crippen MR) is 112 cm³/mol. The molecule has 3 aromatic rings. The first-order valence-corrected chi connectivity index (χ1v) is 8.10. The zero-order valence-electron chi connectivity index (χ0n) is 14.9. The molecule has 0 saturated heterocycles. The standard InChI is InChI=1S/3C7H8N2/c3*8-7(9)6-4-2-1-3-5-6/h3*1-5H,(H3,8,9). The summed E-state index contributed by atoms with van der Waals surface area (Å²) in [5.41, 5.74) is 17.9. The fourth-order valence-corrected chi connectivity index (χ4v) is 1.85. The van der Waals surface area contributed by atoms with Crippen molar-refractivity contribution in [3.8, 4) is 0 Å². The maximum Gasteiger partial charge on any atom is 0.122 e. The summed E-state index contributed by atoms with van der Waals surface area (Å²) in [7, 11) is 0. The van der Waals surface area contributed by atoms with Crippen molar-refractivity contribution in [2.45, 2.75) is 0 Å². The molecule has 0 fully saturated rings. The molecule has 0 aromatic heterocycles. The molecule has 6 heteroatoms. The van der Waals surface area contributed by atoms with Crippen LogP contribution in [-0.4, -0.2) is 17.5 Å². The van der Waals surface area contributed by atoms with Gasteiger partial charge in [0.25, 0.3) is 0 Å². The average molecular weight is 360 g/mol. The third kappa shape index (κ3) is 8.64. The third-order valence-electron chi connectivity index (χ3n) is 3.25. The lowest BCUT2D eigenvalue weighted by Gasteiger charge is -1.93. The van der Waals surface area contributed by atoms with E-state index in [1.165, 1.54) is 0 Å². The van der Waals surface area contributed by atoms with Crippen LogP contribution in [0.1, 0.15) is 16.7 Å². The van der Waals surface area contributed by atoms with Crippen molar-refractivity contribution in [1.29, 1.82) is 16.2 Å². The molecule has 3 rings (SSSR count). The second-order valence-electron chi connectivity index (χ2n) is 5.34. The summed E-state index contributed by atoms with van der Waals surface area (Å²) < 4.78 is 0. The average Bonchev–Trinajstić information content (AvgIpc) is 2.71. The van der Waals surface area contributed by atoms with Crippen LogP contribution in [0.25, 0.3) is 0 Å². The lowest BCUT2D eigenvalue weighted by Crippen LogP contribution is -2.10. The molecule has 0 bridgehead atoms. The number of nitrogens with one attached hydrogen (secondary N) is 3. The summed E-state index contributed by atoms with van der Waals surface area (Å²) in [5, 5.41) is 21.0. The third-order valence-corrected chi connectivity index (χ3v) is 3.25. The van der Waals surface area contributed by atoms with E-state index >= 15 is 0 Å². The maximum atomic E-state index is 7.01. The Hall–Kier alpha value is -3.93. The molecule has 0 aliphatic heterocycles. The van der Waals surface area contributed by atoms with Crippen molar-refractivity contribution >= 4 is 17.5 Å². The summed E-state index contributed by atoms with van der Waals surface area (Å²) >= 11 is 0. The molecule has 0 aliphatic rings. The summed E-state index contributed by atoms with van der Waals surface area (Å²) in [6, 6.07) is 27.7. The van der Waals surface area contributed by atoms with Crippen LogP contribution in [0.15, 0.2) is 91.0 Å². The second kappa shape index (κ2) is 11.6. The Kier molecular flexibility index (Phi) is 9.07. The van der Waals surface area contributed by atoms with Crippen LogP contribution in [0.5, 0.6) is 0 Å². The quantitative estimate of drug-likeness (QED) is 0.315. The summed E-state index contributed by atoms with van der Waals surface area (Å²) in [4.78, 5) is 0. The smallest absolute Gasteiger partial charge is 0.122 e. The SMILES string of the molecule is N=C(N)c1ccccc1.N=C(N)c1ccccc1.N=C(N)c1ccccc1. The molecule has 0 unspecified atom stereocenters. The van der Waals surface area contributed by atoms with E-state index in [1.807, 2.05) is 91.0 Å². The largest absolute Gasteiger partial charge is 0.384 e. The molecule has 0 amide bonds. The van der Waals surface area contributed by atoms with Gasteiger partial charge in [-0.2, -0.15) is 0 Å². The number of nitrogens with two attached hydrogens (primary N) is 3. The van der Waals surface area contributed by atoms with Crippen molar-refractivity contribution in [2.24, 2.45) is 17.2 Å². The highest BCUT2D eigenvalue weighted by Crippen LogP contribution is 1.96. The first-order chi connectivity index (χ1) is 12.9. The van der Waals surface area contributed by atoms with E-state index in [0.29, 0.717) is 0 Å². The monoisotopic (exact) mass is 360 g/mol. The van der Waals surface area contributed by atoms with Crippen LogP contribution in [-0.2, 0) is 0 Å². The normalized spacial score (nSPS) is 8.89. The van der Waals surface area contributed by atoms with Gasteiger partial charge < -0.3 is 17.2 Å². The van der Waals surface area contributed by atoms with Gasteiger partial charge in [-0.25, -0.2) is 0 Å². The summed E-state index contributed by atoms with van der Waals surface area (Å²) in [6.07, 6.45) is 0. The van der Waals surface area contributed by atoms with Gasteiger partial charge in [-0.05, 0) is 0 Å². The number of benzene rings is 3. The van der Waals surface area contributed by atoms with Crippen molar-refractivity contribution in [3.63, 3.8) is 0 Å². The minimum Gasteiger partial charge on any atom is -0.384 e. The highest BCUT2D eigenvalue weighted by Gasteiger charge is 1.90. The number of hydrogen-bond acceptors (Lipinski definition) is 3. The molecule has 0 aliphatic carbocycles. The molecule has 0 spiro atoms. The minimum absolute atomic E-state index is 0.121. The van der Waals surface area contributed by atoms with Crippen molar-refractivity contribution in [3.05, 3.63) is 108 Å². The minimum atomic E-state index is 0.121. The van der Waals surface area contributed by atoms with Crippen LogP contribution in [0.2, 0.25) is 0 Å². The molecule has 0 atom stereocenters. The van der Waals surface area contributed by atoms with E-state index in [1.54, 1.807) is 0 Å². The first kappa shape index (κ1) is 21.1. The van der Waals surface area contributed by atoms with Gasteiger partial charge in [0, 0.05) is 16.7 Å². The van der Waals surface area contributed by atoms with Crippen molar-refractivity contribution in [1.82, 2.24) is 0 Å². The molecule has 0 heterocycles. The van der Waals surface area contributed by atoms with Crippen LogP contribution in [0, 0.1) is 16.2 Å². The molecular weight excluding hydrogens is 336 g/mol. The fraction of sp³-hybridized carbons (Fsp3) is 0. The van der Waals surface area contributed by atoms with Gasteiger partial charge in [-0.1, -0.05) is 91.0 Å². The van der Waals surface area contributed by atoms with Crippen LogP contribution < -0.4 is 17.2 Å². The molecule has 6 nitrogen and oxygen atoms in total. The second-order valence-corrected chi connectivity index (χ2v) is 5.34. The van der Waals surface area contributed by atoms with Gasteiger partial charge in [0.2, 0.25) is 0 Å². The Labute approximate surface area is 159 Å². The van der Waals surface area contributed by atoms with E-state index in [-0.39, 0.29) is 17.5 Å². The highest BCUT2D eigenvalue weighted by atomic mass is 14.7. The van der Waals surface area contributed by atoms with E-state index in [4.69, 9.17) is 33.4 Å². The van der Waals surface area contributed by atoms with E-state index in [9.17, 15) is 0 Å². The van der Waals surface area contributed by atoms with Gasteiger partial charge in [0.1, 0.15) is 17.5 Å². The van der Waals surface area contributed by atoms with E-state index in [0.717, 1.165) is 16.7 Å². The Bertz CT molecular complexity index is 728. The number of rotatable bonds is 3. The van der Waals surface area contributed by atoms with E-state index < -0.39 is 0 Å². The zero-order chi connectivity index (χ0) is 20.1. The predicted octanol–water partition coefficient (Wildman–Crippen LogP) is 2.91. The number of amidine groups is 3. The van der Waals surface area contributed by atoms with Crippen molar-refractivity contribution < 1.29 is 0 Å². The summed E-state index contributed by atoms with van der Waals surface area (Å²) in [5.74, 6) is 0.363. The Balaban J connectivity index is 0.000000202. The number of hydrogen-bond donors (Lipinski definition) is 6. The van der Waals surface area contributed by atoms with E-state index in [2.05, 4.69) is 0 Å². The Morgan fingerprint density at radius 3 is 0.704 bits per heavy atom. The van der Waals surface area contributed by atoms with Gasteiger partial charge in [-0.15, -0.1) is 0 Å². The topological polar surface area (TPSA) is 150 Å². The van der Waals surface area contributed by atoms with Crippen molar-refractivity contribution in [2.75, 3.05) is 0 Å². The van der Waals surface area contributed by atoms with Gasteiger partial charge in [-0.3, -0.25) is 16.2 Å². The molecule has 138 valence electrons. The molecule has 27 heavy (non-hydrogen) atoms. The van der Waals surface area contributed by atoms with Gasteiger partial charge in [0.05, 0.1) is 0 Å². The molecule has 3 aromatic carbocycles. The van der Waals surface area contributed by atoms with Gasteiger partial charge in [0.15, 0.2) is 0 Å². The molecular formula is C21H24N6. The lowest BCUT2D eigenvalue weighted by molar-refractivity contribution is 1.42. The van der Waals surface area contributed by atoms with Crippen LogP contribution in [0.4, 0.5) is 0 Å². The fourth-order valence-electron chi connectivity index (χ4n) is 1.85. The van der Waals surface area contributed by atoms with Crippen LogP contribution >= 0.6 is 0 Å².